The SMILES string of the molecule is O=C=NC1(c2ccccc2C(F)F)CCC1. The van der Waals surface area contributed by atoms with E-state index in [1.807, 2.05) is 0 Å². The molecule has 1 aliphatic carbocycles. The lowest BCUT2D eigenvalue weighted by Crippen LogP contribution is -2.33. The second kappa shape index (κ2) is 4.14. The van der Waals surface area contributed by atoms with Crippen LogP contribution < -0.4 is 0 Å². The Bertz CT molecular complexity index is 434. The van der Waals surface area contributed by atoms with Crippen LogP contribution in [0, 0.1) is 0 Å². The standard InChI is InChI=1S/C12H11F2NO/c13-11(14)9-4-1-2-5-10(9)12(15-8-16)6-3-7-12/h1-2,4-5,11H,3,6-7H2. The molecule has 4 heteroatoms. The molecule has 0 spiro atoms. The summed E-state index contributed by atoms with van der Waals surface area (Å²) in [4.78, 5) is 14.1. The number of halogens is 2. The molecular formula is C12H11F2NO. The monoisotopic (exact) mass is 223 g/mol. The van der Waals surface area contributed by atoms with Gasteiger partial charge in [0.05, 0.1) is 5.54 Å². The summed E-state index contributed by atoms with van der Waals surface area (Å²) in [6, 6.07) is 6.28. The van der Waals surface area contributed by atoms with E-state index in [0.29, 0.717) is 18.4 Å². The molecule has 84 valence electrons. The average molecular weight is 223 g/mol. The summed E-state index contributed by atoms with van der Waals surface area (Å²) in [5.74, 6) is 0. The second-order valence-corrected chi connectivity index (χ2v) is 3.98. The molecule has 0 aromatic heterocycles. The van der Waals surface area contributed by atoms with Crippen LogP contribution in [0.2, 0.25) is 0 Å². The van der Waals surface area contributed by atoms with Crippen LogP contribution in [-0.4, -0.2) is 6.08 Å². The average Bonchev–Trinajstić information content (AvgIpc) is 2.23. The first kappa shape index (κ1) is 11.0. The lowest BCUT2D eigenvalue weighted by atomic mass is 9.71. The van der Waals surface area contributed by atoms with Crippen molar-refractivity contribution >= 4 is 6.08 Å². The number of hydrogen-bond donors (Lipinski definition) is 0. The zero-order valence-corrected chi connectivity index (χ0v) is 8.62. The molecule has 1 fully saturated rings. The molecule has 0 bridgehead atoms. The van der Waals surface area contributed by atoms with Crippen molar-refractivity contribution in [1.82, 2.24) is 0 Å². The maximum absolute atomic E-state index is 12.8. The van der Waals surface area contributed by atoms with E-state index in [1.54, 1.807) is 18.2 Å². The molecule has 0 atom stereocenters. The maximum atomic E-state index is 12.8. The molecule has 1 saturated carbocycles. The van der Waals surface area contributed by atoms with Crippen LogP contribution in [0.5, 0.6) is 0 Å². The highest BCUT2D eigenvalue weighted by Crippen LogP contribution is 2.47. The van der Waals surface area contributed by atoms with Gasteiger partial charge in [-0.3, -0.25) is 0 Å². The molecule has 1 aromatic rings. The van der Waals surface area contributed by atoms with E-state index >= 15 is 0 Å². The van der Waals surface area contributed by atoms with Gasteiger partial charge in [0, 0.05) is 5.56 Å². The van der Waals surface area contributed by atoms with E-state index in [2.05, 4.69) is 4.99 Å². The summed E-state index contributed by atoms with van der Waals surface area (Å²) in [5, 5.41) is 0. The lowest BCUT2D eigenvalue weighted by Gasteiger charge is -2.38. The maximum Gasteiger partial charge on any atom is 0.264 e. The van der Waals surface area contributed by atoms with Gasteiger partial charge in [-0.05, 0) is 24.8 Å². The first-order valence-corrected chi connectivity index (χ1v) is 5.16. The van der Waals surface area contributed by atoms with Crippen LogP contribution in [0.15, 0.2) is 29.3 Å². The molecule has 16 heavy (non-hydrogen) atoms. The number of alkyl halides is 2. The molecule has 2 rings (SSSR count). The smallest absolute Gasteiger partial charge is 0.211 e. The number of aliphatic imine (C=N–C) groups is 1. The third-order valence-electron chi connectivity index (χ3n) is 3.14. The Morgan fingerprint density at radius 2 is 2.00 bits per heavy atom. The van der Waals surface area contributed by atoms with Gasteiger partial charge in [-0.1, -0.05) is 24.3 Å². The fourth-order valence-electron chi connectivity index (χ4n) is 2.15. The summed E-state index contributed by atoms with van der Waals surface area (Å²) in [6.45, 7) is 0. The fraction of sp³-hybridized carbons (Fsp3) is 0.417. The Balaban J connectivity index is 2.50. The zero-order valence-electron chi connectivity index (χ0n) is 8.62. The second-order valence-electron chi connectivity index (χ2n) is 3.98. The number of isocyanates is 1. The lowest BCUT2D eigenvalue weighted by molar-refractivity contribution is 0.144. The van der Waals surface area contributed by atoms with Gasteiger partial charge in [-0.25, -0.2) is 13.6 Å². The quantitative estimate of drug-likeness (QED) is 0.570. The highest BCUT2D eigenvalue weighted by Gasteiger charge is 2.41. The number of hydrogen-bond acceptors (Lipinski definition) is 2. The summed E-state index contributed by atoms with van der Waals surface area (Å²) in [6.07, 6.45) is 1.17. The molecule has 0 aliphatic heterocycles. The highest BCUT2D eigenvalue weighted by atomic mass is 19.3. The van der Waals surface area contributed by atoms with Crippen LogP contribution in [0.4, 0.5) is 8.78 Å². The zero-order chi connectivity index (χ0) is 11.6. The van der Waals surface area contributed by atoms with Crippen molar-refractivity contribution in [2.75, 3.05) is 0 Å². The normalized spacial score (nSPS) is 17.7. The summed E-state index contributed by atoms with van der Waals surface area (Å²) in [5.41, 5.74) is -0.296. The molecule has 1 aromatic carbocycles. The Hall–Kier alpha value is -1.54. The Morgan fingerprint density at radius 1 is 1.31 bits per heavy atom. The number of nitrogens with zero attached hydrogens (tertiary/aromatic N) is 1. The van der Waals surface area contributed by atoms with Crippen molar-refractivity contribution in [3.05, 3.63) is 35.4 Å². The first-order chi connectivity index (χ1) is 7.69. The predicted molar refractivity (Wildman–Crippen MR) is 55.0 cm³/mol. The molecule has 0 unspecified atom stereocenters. The van der Waals surface area contributed by atoms with E-state index < -0.39 is 12.0 Å². The van der Waals surface area contributed by atoms with Crippen LogP contribution in [0.25, 0.3) is 0 Å². The van der Waals surface area contributed by atoms with E-state index in [4.69, 9.17) is 0 Å². The van der Waals surface area contributed by atoms with Crippen molar-refractivity contribution in [3.63, 3.8) is 0 Å². The molecule has 0 amide bonds. The third kappa shape index (κ3) is 1.65. The molecule has 1 aliphatic rings. The summed E-state index contributed by atoms with van der Waals surface area (Å²) in [7, 11) is 0. The van der Waals surface area contributed by atoms with Gasteiger partial charge in [0.15, 0.2) is 0 Å². The van der Waals surface area contributed by atoms with Gasteiger partial charge in [-0.2, -0.15) is 4.99 Å². The molecular weight excluding hydrogens is 212 g/mol. The van der Waals surface area contributed by atoms with E-state index in [0.717, 1.165) is 6.42 Å². The van der Waals surface area contributed by atoms with Gasteiger partial charge in [0.2, 0.25) is 6.08 Å². The molecule has 0 heterocycles. The third-order valence-corrected chi connectivity index (χ3v) is 3.14. The Kier molecular flexibility index (Phi) is 2.84. The minimum Gasteiger partial charge on any atom is -0.211 e. The number of carbonyl (C=O) groups excluding carboxylic acids is 1. The van der Waals surface area contributed by atoms with E-state index in [-0.39, 0.29) is 5.56 Å². The van der Waals surface area contributed by atoms with Gasteiger partial charge in [0.25, 0.3) is 6.43 Å². The Labute approximate surface area is 92.0 Å². The molecule has 0 radical (unpaired) electrons. The molecule has 2 nitrogen and oxygen atoms in total. The van der Waals surface area contributed by atoms with E-state index in [9.17, 15) is 13.6 Å². The largest absolute Gasteiger partial charge is 0.264 e. The number of benzene rings is 1. The van der Waals surface area contributed by atoms with Crippen molar-refractivity contribution < 1.29 is 13.6 Å². The topological polar surface area (TPSA) is 29.4 Å². The number of rotatable bonds is 3. The van der Waals surface area contributed by atoms with E-state index in [1.165, 1.54) is 12.1 Å². The van der Waals surface area contributed by atoms with Crippen molar-refractivity contribution in [2.24, 2.45) is 4.99 Å². The van der Waals surface area contributed by atoms with Gasteiger partial charge in [0.1, 0.15) is 0 Å². The summed E-state index contributed by atoms with van der Waals surface area (Å²) < 4.78 is 25.6. The minimum atomic E-state index is -2.53. The Morgan fingerprint density at radius 3 is 2.50 bits per heavy atom. The van der Waals surface area contributed by atoms with Crippen molar-refractivity contribution in [3.8, 4) is 0 Å². The van der Waals surface area contributed by atoms with Crippen LogP contribution in [0.1, 0.15) is 36.8 Å². The first-order valence-electron chi connectivity index (χ1n) is 5.16. The van der Waals surface area contributed by atoms with Crippen LogP contribution in [0.3, 0.4) is 0 Å². The minimum absolute atomic E-state index is 0.0267. The molecule has 0 N–H and O–H groups in total. The van der Waals surface area contributed by atoms with Gasteiger partial charge in [-0.15, -0.1) is 0 Å². The predicted octanol–water partition coefficient (Wildman–Crippen LogP) is 3.34. The van der Waals surface area contributed by atoms with Crippen LogP contribution in [-0.2, 0) is 10.3 Å². The highest BCUT2D eigenvalue weighted by molar-refractivity contribution is 5.42. The fourth-order valence-corrected chi connectivity index (χ4v) is 2.15. The molecule has 0 saturated heterocycles. The summed E-state index contributed by atoms with van der Waals surface area (Å²) >= 11 is 0. The van der Waals surface area contributed by atoms with Crippen molar-refractivity contribution in [2.45, 2.75) is 31.2 Å². The van der Waals surface area contributed by atoms with Gasteiger partial charge < -0.3 is 0 Å². The van der Waals surface area contributed by atoms with Gasteiger partial charge >= 0.3 is 0 Å². The van der Waals surface area contributed by atoms with Crippen molar-refractivity contribution in [1.29, 1.82) is 0 Å². The van der Waals surface area contributed by atoms with Crippen LogP contribution >= 0.6 is 0 Å².